The lowest BCUT2D eigenvalue weighted by Crippen LogP contribution is -2.25. The Balaban J connectivity index is 1.70. The van der Waals surface area contributed by atoms with Gasteiger partial charge < -0.3 is 10.6 Å². The van der Waals surface area contributed by atoms with Crippen molar-refractivity contribution in [2.75, 3.05) is 25.0 Å². The largest absolute Gasteiger partial charge is 0.364 e. The van der Waals surface area contributed by atoms with Crippen molar-refractivity contribution in [2.24, 2.45) is 0 Å². The quantitative estimate of drug-likeness (QED) is 0.702. The number of benzene rings is 1. The number of aromatic nitrogens is 3. The molecule has 1 aliphatic rings. The van der Waals surface area contributed by atoms with Gasteiger partial charge >= 0.3 is 0 Å². The van der Waals surface area contributed by atoms with E-state index in [0.29, 0.717) is 5.02 Å². The van der Waals surface area contributed by atoms with E-state index in [2.05, 4.69) is 26.7 Å². The van der Waals surface area contributed by atoms with Crippen LogP contribution in [0.1, 0.15) is 6.42 Å². The molecule has 0 aliphatic carbocycles. The van der Waals surface area contributed by atoms with Gasteiger partial charge in [-0.1, -0.05) is 29.8 Å². The van der Waals surface area contributed by atoms with Crippen molar-refractivity contribution in [2.45, 2.75) is 6.42 Å². The fourth-order valence-corrected chi connectivity index (χ4v) is 3.02. The standard InChI is InChI=1S/C19H18ClN5/c20-15-5-3-14(4-6-15)16-10-17-18(23-9-8-22-17)19(25-16)24-12-13-2-1-7-21-11-13/h2-6,8-10,21H,1,7,11-12H2,(H,24,25). The normalized spacial score (nSPS) is 14.4. The molecule has 2 N–H and O–H groups in total. The number of anilines is 1. The van der Waals surface area contributed by atoms with Crippen molar-refractivity contribution in [3.63, 3.8) is 0 Å². The predicted molar refractivity (Wildman–Crippen MR) is 102 cm³/mol. The fourth-order valence-electron chi connectivity index (χ4n) is 2.90. The highest BCUT2D eigenvalue weighted by Crippen LogP contribution is 2.26. The summed E-state index contributed by atoms with van der Waals surface area (Å²) in [5, 5.41) is 7.52. The number of hydrogen-bond donors (Lipinski definition) is 2. The molecule has 0 atom stereocenters. The molecule has 1 aliphatic heterocycles. The maximum Gasteiger partial charge on any atom is 0.155 e. The van der Waals surface area contributed by atoms with Crippen LogP contribution in [0, 0.1) is 0 Å². The molecule has 0 unspecified atom stereocenters. The summed E-state index contributed by atoms with van der Waals surface area (Å²) in [7, 11) is 0. The van der Waals surface area contributed by atoms with Gasteiger partial charge in [-0.25, -0.2) is 9.97 Å². The molecule has 4 rings (SSSR count). The maximum absolute atomic E-state index is 5.99. The average Bonchev–Trinajstić information content (AvgIpc) is 2.67. The SMILES string of the molecule is Clc1ccc(-c2cc3nccnc3c(NCC3=CCCNC3)n2)cc1. The first-order chi connectivity index (χ1) is 12.3. The van der Waals surface area contributed by atoms with E-state index in [1.165, 1.54) is 5.57 Å². The van der Waals surface area contributed by atoms with Gasteiger partial charge in [0.2, 0.25) is 0 Å². The molecule has 1 aromatic carbocycles. The van der Waals surface area contributed by atoms with Crippen molar-refractivity contribution < 1.29 is 0 Å². The Morgan fingerprint density at radius 2 is 1.96 bits per heavy atom. The lowest BCUT2D eigenvalue weighted by molar-refractivity contribution is 0.697. The van der Waals surface area contributed by atoms with Crippen LogP contribution >= 0.6 is 11.6 Å². The van der Waals surface area contributed by atoms with Gasteiger partial charge in [0, 0.05) is 36.1 Å². The second-order valence-electron chi connectivity index (χ2n) is 5.97. The van der Waals surface area contributed by atoms with Crippen LogP contribution in [0.3, 0.4) is 0 Å². The van der Waals surface area contributed by atoms with Crippen molar-refractivity contribution in [3.05, 3.63) is 59.4 Å². The Morgan fingerprint density at radius 1 is 1.12 bits per heavy atom. The third-order valence-electron chi connectivity index (χ3n) is 4.19. The summed E-state index contributed by atoms with van der Waals surface area (Å²) >= 11 is 5.99. The van der Waals surface area contributed by atoms with Gasteiger partial charge in [0.15, 0.2) is 5.82 Å². The molecule has 5 nitrogen and oxygen atoms in total. The lowest BCUT2D eigenvalue weighted by atomic mass is 10.1. The van der Waals surface area contributed by atoms with Gasteiger partial charge in [0.05, 0.1) is 11.2 Å². The van der Waals surface area contributed by atoms with E-state index in [4.69, 9.17) is 16.6 Å². The van der Waals surface area contributed by atoms with Gasteiger partial charge in [-0.2, -0.15) is 0 Å². The fraction of sp³-hybridized carbons (Fsp3) is 0.211. The van der Waals surface area contributed by atoms with E-state index in [9.17, 15) is 0 Å². The van der Waals surface area contributed by atoms with Crippen LogP contribution in [0.25, 0.3) is 22.3 Å². The first-order valence-electron chi connectivity index (χ1n) is 8.30. The van der Waals surface area contributed by atoms with Crippen LogP contribution in [0.2, 0.25) is 5.02 Å². The zero-order chi connectivity index (χ0) is 17.1. The molecule has 0 bridgehead atoms. The minimum atomic E-state index is 0.708. The summed E-state index contributed by atoms with van der Waals surface area (Å²) in [5.41, 5.74) is 4.79. The maximum atomic E-state index is 5.99. The molecule has 0 spiro atoms. The van der Waals surface area contributed by atoms with Crippen molar-refractivity contribution in [1.29, 1.82) is 0 Å². The van der Waals surface area contributed by atoms with E-state index in [1.807, 2.05) is 30.3 Å². The average molecular weight is 352 g/mol. The Labute approximate surface area is 151 Å². The van der Waals surface area contributed by atoms with Crippen LogP contribution in [0.5, 0.6) is 0 Å². The van der Waals surface area contributed by atoms with Gasteiger partial charge in [0.25, 0.3) is 0 Å². The summed E-state index contributed by atoms with van der Waals surface area (Å²) in [4.78, 5) is 13.7. The lowest BCUT2D eigenvalue weighted by Gasteiger charge is -2.16. The van der Waals surface area contributed by atoms with E-state index in [-0.39, 0.29) is 0 Å². The number of halogens is 1. The minimum Gasteiger partial charge on any atom is -0.364 e. The monoisotopic (exact) mass is 351 g/mol. The molecule has 3 heterocycles. The smallest absolute Gasteiger partial charge is 0.155 e. The Morgan fingerprint density at radius 3 is 2.76 bits per heavy atom. The third-order valence-corrected chi connectivity index (χ3v) is 4.44. The van der Waals surface area contributed by atoms with Crippen LogP contribution in [0.4, 0.5) is 5.82 Å². The summed E-state index contributed by atoms with van der Waals surface area (Å²) < 4.78 is 0. The van der Waals surface area contributed by atoms with E-state index >= 15 is 0 Å². The number of pyridine rings is 1. The molecule has 0 fully saturated rings. The molecule has 0 saturated heterocycles. The zero-order valence-electron chi connectivity index (χ0n) is 13.7. The number of nitrogens with zero attached hydrogens (tertiary/aromatic N) is 3. The molecular weight excluding hydrogens is 334 g/mol. The van der Waals surface area contributed by atoms with Gasteiger partial charge in [-0.05, 0) is 36.7 Å². The summed E-state index contributed by atoms with van der Waals surface area (Å²) in [6.45, 7) is 2.70. The first kappa shape index (κ1) is 16.0. The number of nitrogens with one attached hydrogen (secondary N) is 2. The van der Waals surface area contributed by atoms with Gasteiger partial charge in [-0.3, -0.25) is 4.98 Å². The number of fused-ring (bicyclic) bond motifs is 1. The van der Waals surface area contributed by atoms with Crippen LogP contribution < -0.4 is 10.6 Å². The molecule has 25 heavy (non-hydrogen) atoms. The molecule has 0 radical (unpaired) electrons. The van der Waals surface area contributed by atoms with E-state index in [1.54, 1.807) is 12.4 Å². The molecule has 6 heteroatoms. The van der Waals surface area contributed by atoms with Crippen molar-refractivity contribution in [3.8, 4) is 11.3 Å². The second kappa shape index (κ2) is 7.17. The Hall–Kier alpha value is -2.50. The topological polar surface area (TPSA) is 62.7 Å². The highest BCUT2D eigenvalue weighted by molar-refractivity contribution is 6.30. The highest BCUT2D eigenvalue weighted by Gasteiger charge is 2.11. The van der Waals surface area contributed by atoms with Crippen molar-refractivity contribution >= 4 is 28.5 Å². The van der Waals surface area contributed by atoms with E-state index < -0.39 is 0 Å². The Kier molecular flexibility index (Phi) is 4.59. The number of rotatable bonds is 4. The zero-order valence-corrected chi connectivity index (χ0v) is 14.4. The third kappa shape index (κ3) is 3.62. The van der Waals surface area contributed by atoms with E-state index in [0.717, 1.165) is 54.2 Å². The summed E-state index contributed by atoms with van der Waals surface area (Å²) in [6, 6.07) is 9.61. The van der Waals surface area contributed by atoms with Crippen molar-refractivity contribution in [1.82, 2.24) is 20.3 Å². The molecule has 2 aromatic heterocycles. The molecule has 0 saturated carbocycles. The predicted octanol–water partition coefficient (Wildman–Crippen LogP) is 3.68. The summed E-state index contributed by atoms with van der Waals surface area (Å²) in [5.74, 6) is 0.752. The van der Waals surface area contributed by atoms with Crippen LogP contribution in [-0.4, -0.2) is 34.6 Å². The van der Waals surface area contributed by atoms with Gasteiger partial charge in [-0.15, -0.1) is 0 Å². The second-order valence-corrected chi connectivity index (χ2v) is 6.40. The van der Waals surface area contributed by atoms with Gasteiger partial charge in [0.1, 0.15) is 5.52 Å². The van der Waals surface area contributed by atoms with Crippen LogP contribution in [-0.2, 0) is 0 Å². The first-order valence-corrected chi connectivity index (χ1v) is 8.67. The number of hydrogen-bond acceptors (Lipinski definition) is 5. The minimum absolute atomic E-state index is 0.708. The van der Waals surface area contributed by atoms with Crippen LogP contribution in [0.15, 0.2) is 54.4 Å². The summed E-state index contributed by atoms with van der Waals surface area (Å²) in [6.07, 6.45) is 6.74. The molecule has 0 amide bonds. The Bertz CT molecular complexity index is 921. The highest BCUT2D eigenvalue weighted by atomic mass is 35.5. The molecule has 3 aromatic rings. The molecule has 126 valence electrons. The molecular formula is C19H18ClN5.